The Hall–Kier alpha value is -8.56. The van der Waals surface area contributed by atoms with Gasteiger partial charge in [-0.2, -0.15) is 0 Å². The van der Waals surface area contributed by atoms with E-state index in [1.54, 1.807) is 0 Å². The Morgan fingerprint density at radius 2 is 0.240 bits per heavy atom. The first-order valence-corrected chi connectivity index (χ1v) is 40.7. The maximum Gasteiger partial charge on any atom is 0.125 e. The minimum Gasteiger partial charge on any atom is -0.744 e. The highest BCUT2D eigenvalue weighted by Crippen LogP contribution is 2.45. The molecule has 0 saturated heterocycles. The molecule has 1 aliphatic carbocycles. The van der Waals surface area contributed by atoms with Crippen LogP contribution >= 0.6 is 0 Å². The lowest BCUT2D eigenvalue weighted by Gasteiger charge is -2.24. The molecule has 0 radical (unpaired) electrons. The molecule has 0 heterocycles. The first kappa shape index (κ1) is 79.6. The number of benzene rings is 8. The third kappa shape index (κ3) is 17.2. The monoisotopic (exact) mass is 1590 g/mol. The minimum atomic E-state index is -5.58. The summed E-state index contributed by atoms with van der Waals surface area (Å²) in [6, 6.07) is 12.6. The topological polar surface area (TPSA) is 531 Å². The number of ether oxygens (including phenoxy) is 8. The molecule has 9 rings (SSSR count). The summed E-state index contributed by atoms with van der Waals surface area (Å²) in [6.07, 6.45) is -6.19. The van der Waals surface area contributed by atoms with Gasteiger partial charge >= 0.3 is 0 Å². The van der Waals surface area contributed by atoms with Crippen LogP contribution in [0.25, 0.3) is 0 Å². The van der Waals surface area contributed by atoms with E-state index in [-0.39, 0.29) is 135 Å². The van der Waals surface area contributed by atoms with Crippen molar-refractivity contribution < 1.29 is 142 Å². The number of methoxy groups -OCH3 is 8. The van der Waals surface area contributed by atoms with E-state index < -0.39 is 171 Å². The van der Waals surface area contributed by atoms with E-state index in [0.29, 0.717) is 0 Å². The van der Waals surface area contributed by atoms with Gasteiger partial charge in [-0.15, -0.1) is 0 Å². The molecule has 0 spiro atoms. The summed E-state index contributed by atoms with van der Waals surface area (Å²) in [5, 5.41) is 0. The Kier molecular flexibility index (Phi) is 22.5. The van der Waals surface area contributed by atoms with Crippen molar-refractivity contribution in [1.82, 2.24) is 0 Å². The summed E-state index contributed by atoms with van der Waals surface area (Å²) in [4.78, 5) is -8.21. The van der Waals surface area contributed by atoms with Crippen molar-refractivity contribution in [2.75, 3.05) is 56.9 Å². The molecule has 40 heteroatoms. The fraction of sp³-hybridized carbons (Fsp3) is 0.250. The highest BCUT2D eigenvalue weighted by atomic mass is 32.2. The van der Waals surface area contributed by atoms with E-state index >= 15 is 0 Å². The van der Waals surface area contributed by atoms with Crippen molar-refractivity contribution in [1.29, 1.82) is 0 Å². The first-order valence-electron chi connectivity index (χ1n) is 29.4. The average Bonchev–Trinajstić information content (AvgIpc) is 0.773. The van der Waals surface area contributed by atoms with Crippen LogP contribution < -0.4 is 37.9 Å². The molecule has 8 aromatic carbocycles. The zero-order valence-electron chi connectivity index (χ0n) is 55.2. The molecule has 16 bridgehead atoms. The van der Waals surface area contributed by atoms with Crippen molar-refractivity contribution in [3.8, 4) is 46.0 Å². The number of fused-ring (bicyclic) bond motifs is 16. The smallest absolute Gasteiger partial charge is 0.125 e. The summed E-state index contributed by atoms with van der Waals surface area (Å²) < 4.78 is 363. The quantitative estimate of drug-likeness (QED) is 0.123. The van der Waals surface area contributed by atoms with Gasteiger partial charge in [0.15, 0.2) is 0 Å². The van der Waals surface area contributed by atoms with Crippen molar-refractivity contribution in [2.24, 2.45) is 0 Å². The maximum atomic E-state index is 13.2. The zero-order valence-corrected chi connectivity index (χ0v) is 61.8. The van der Waals surface area contributed by atoms with Crippen molar-refractivity contribution >= 4 is 80.9 Å². The largest absolute Gasteiger partial charge is 0.744 e. The second kappa shape index (κ2) is 29.4. The maximum absolute atomic E-state index is 13.2. The lowest BCUT2D eigenvalue weighted by atomic mass is 9.91. The molecule has 32 nitrogen and oxygen atoms in total. The molecule has 0 unspecified atom stereocenters. The van der Waals surface area contributed by atoms with Gasteiger partial charge in [-0.1, -0.05) is 0 Å². The van der Waals surface area contributed by atoms with Gasteiger partial charge in [0.2, 0.25) is 0 Å². The zero-order chi connectivity index (χ0) is 77.1. The van der Waals surface area contributed by atoms with Crippen LogP contribution in [0.3, 0.4) is 0 Å². The van der Waals surface area contributed by atoms with Crippen LogP contribution in [0.15, 0.2) is 136 Å². The standard InChI is InChI=1S/C64H64O32S8/c1-89-57-33-9-35-19-50(98(68,69)70)21-37(58(35)90-2)11-39-23-52(100(74,75)76)25-41(60(39)92-4)13-43-27-54(102(80,81)82)29-45(62(43)94-6)15-47-31-56(104(86,87)88)32-48(64(47)96-8)16-46-30-55(103(83,84)85)28-44(63(46)95-7)14-42-26-53(101(77,78)79)24-40(61(42)93-5)12-38-22-51(99(71,72)73)20-36(59(38)91-3)10-34(57)18-49(17-33)97(65,66)67/h17-32H,9-16H2,1-8H3,(H,65,66,67)(H,68,69,70)(H,71,72,73)(H,74,75,76)(H,77,78,79)(H,80,81,82)(H,83,84,85)(H,86,87,88)/p-8. The van der Waals surface area contributed by atoms with Crippen molar-refractivity contribution in [3.05, 3.63) is 186 Å². The molecular formula is C64H56O32S8-8. The van der Waals surface area contributed by atoms with E-state index in [1.807, 2.05) is 0 Å². The van der Waals surface area contributed by atoms with Crippen LogP contribution in [0.2, 0.25) is 0 Å². The van der Waals surface area contributed by atoms with Crippen LogP contribution in [0.5, 0.6) is 46.0 Å². The van der Waals surface area contributed by atoms with Crippen LogP contribution in [0, 0.1) is 0 Å². The second-order valence-electron chi connectivity index (χ2n) is 23.2. The van der Waals surface area contributed by atoms with Gasteiger partial charge < -0.3 is 74.3 Å². The molecule has 0 saturated carbocycles. The summed E-state index contributed by atoms with van der Waals surface area (Å²) in [5.74, 6) is -2.83. The van der Waals surface area contributed by atoms with Crippen molar-refractivity contribution in [2.45, 2.75) is 90.5 Å². The van der Waals surface area contributed by atoms with E-state index in [2.05, 4.69) is 0 Å². The Balaban J connectivity index is 1.43. The van der Waals surface area contributed by atoms with Gasteiger partial charge in [-0.3, -0.25) is 0 Å². The summed E-state index contributed by atoms with van der Waals surface area (Å²) in [7, 11) is -36.3. The number of hydrogen-bond donors (Lipinski definition) is 0. The van der Waals surface area contributed by atoms with Gasteiger partial charge in [0.25, 0.3) is 0 Å². The van der Waals surface area contributed by atoms with E-state index in [0.717, 1.165) is 154 Å². The van der Waals surface area contributed by atoms with E-state index in [9.17, 15) is 104 Å². The molecule has 104 heavy (non-hydrogen) atoms. The molecule has 0 aromatic heterocycles. The molecule has 8 aromatic rings. The Bertz CT molecular complexity index is 4580. The first-order chi connectivity index (χ1) is 48.2. The summed E-state index contributed by atoms with van der Waals surface area (Å²) in [6.45, 7) is 0. The van der Waals surface area contributed by atoms with Crippen LogP contribution in [-0.2, 0) is 132 Å². The molecule has 1 aliphatic rings. The molecular weight excluding hydrogens is 1540 g/mol. The SMILES string of the molecule is COc1c2cc(S(=O)(=O)[O-])cc1Cc1cc(S(=O)(=O)[O-])cc(c1OC)Cc1cc(S(=O)(=O)[O-])cc(c1OC)Cc1cc(S(=O)(=O)[O-])cc(c1OC)Cc1cc(S(=O)(=O)[O-])cc(c1OC)Cc1cc(S(=O)(=O)[O-])cc(c1OC)Cc1cc(S(=O)(=O)[O-])cc(c1OC)Cc1cc(S(=O)(=O)[O-])cc(c1OC)C2. The molecule has 0 amide bonds. The van der Waals surface area contributed by atoms with Gasteiger partial charge in [-0.05, 0) is 97.1 Å². The van der Waals surface area contributed by atoms with Gasteiger partial charge in [0.1, 0.15) is 127 Å². The lowest BCUT2D eigenvalue weighted by molar-refractivity contribution is 0.395. The van der Waals surface area contributed by atoms with E-state index in [1.165, 1.54) is 0 Å². The third-order valence-electron chi connectivity index (χ3n) is 16.7. The molecule has 0 atom stereocenters. The summed E-state index contributed by atoms with van der Waals surface area (Å²) >= 11 is 0. The minimum absolute atomic E-state index is 0.325. The Labute approximate surface area is 598 Å². The predicted octanol–water partition coefficient (Wildman–Crippen LogP) is 4.03. The lowest BCUT2D eigenvalue weighted by Crippen LogP contribution is -2.11. The van der Waals surface area contributed by atoms with Crippen LogP contribution in [0.4, 0.5) is 0 Å². The van der Waals surface area contributed by atoms with Gasteiger partial charge in [-0.25, -0.2) is 67.3 Å². The fourth-order valence-corrected chi connectivity index (χ4v) is 17.4. The van der Waals surface area contributed by atoms with Gasteiger partial charge in [0.05, 0.1) is 96.0 Å². The normalized spacial score (nSPS) is 13.7. The third-order valence-corrected chi connectivity index (χ3v) is 23.2. The molecule has 560 valence electrons. The molecule has 0 fully saturated rings. The second-order valence-corrected chi connectivity index (χ2v) is 34.3. The van der Waals surface area contributed by atoms with Crippen LogP contribution in [-0.4, -0.2) is 161 Å². The highest BCUT2D eigenvalue weighted by molar-refractivity contribution is 7.87. The van der Waals surface area contributed by atoms with Crippen molar-refractivity contribution in [3.63, 3.8) is 0 Å². The molecule has 0 N–H and O–H groups in total. The number of rotatable bonds is 16. The Morgan fingerprint density at radius 3 is 0.288 bits per heavy atom. The van der Waals surface area contributed by atoms with E-state index in [4.69, 9.17) is 37.9 Å². The number of hydrogen-bond acceptors (Lipinski definition) is 32. The molecule has 0 aliphatic heterocycles. The summed E-state index contributed by atoms with van der Waals surface area (Å²) in [5.41, 5.74) is -5.20. The predicted molar refractivity (Wildman–Crippen MR) is 350 cm³/mol. The van der Waals surface area contributed by atoms with Gasteiger partial charge in [0, 0.05) is 140 Å². The fourth-order valence-electron chi connectivity index (χ4n) is 12.8. The van der Waals surface area contributed by atoms with Crippen LogP contribution in [0.1, 0.15) is 89.0 Å². The Morgan fingerprint density at radius 1 is 0.173 bits per heavy atom. The highest BCUT2D eigenvalue weighted by Gasteiger charge is 2.30. The average molecular weight is 1590 g/mol.